The normalized spacial score (nSPS) is 10.4. The largest absolute Gasteiger partial charge is 0.494 e. The monoisotopic (exact) mass is 366 g/mol. The fourth-order valence-corrected chi connectivity index (χ4v) is 2.52. The summed E-state index contributed by atoms with van der Waals surface area (Å²) in [5.41, 5.74) is 2.14. The molecule has 0 saturated heterocycles. The number of nitrogens with zero attached hydrogens (tertiary/aromatic N) is 3. The smallest absolute Gasteiger partial charge is 0.335 e. The van der Waals surface area contributed by atoms with Gasteiger partial charge >= 0.3 is 5.97 Å². The van der Waals surface area contributed by atoms with Crippen molar-refractivity contribution in [2.24, 2.45) is 0 Å². The molecule has 0 aliphatic rings. The van der Waals surface area contributed by atoms with E-state index in [2.05, 4.69) is 15.6 Å². The number of hydrogen-bond acceptors (Lipinski definition) is 5. The minimum absolute atomic E-state index is 0.144. The molecule has 0 aliphatic heterocycles. The Hall–Kier alpha value is -3.68. The Labute approximate surface area is 155 Å². The molecule has 3 rings (SSSR count). The first-order chi connectivity index (χ1) is 13.0. The van der Waals surface area contributed by atoms with E-state index in [-0.39, 0.29) is 11.3 Å². The number of rotatable bonds is 6. The number of carbonyl (C=O) groups is 2. The van der Waals surface area contributed by atoms with Gasteiger partial charge in [-0.2, -0.15) is 0 Å². The van der Waals surface area contributed by atoms with E-state index < -0.39 is 11.9 Å². The Bertz CT molecular complexity index is 962. The van der Waals surface area contributed by atoms with Crippen LogP contribution in [0.2, 0.25) is 0 Å². The lowest BCUT2D eigenvalue weighted by atomic mass is 10.2. The number of carbonyl (C=O) groups excluding carboxylic acids is 1. The van der Waals surface area contributed by atoms with Crippen LogP contribution < -0.4 is 10.1 Å². The number of hydrogen-bond donors (Lipinski definition) is 2. The molecule has 0 aliphatic carbocycles. The number of carboxylic acid groups (broad SMARTS) is 1. The molecule has 0 saturated carbocycles. The number of benzene rings is 2. The molecule has 27 heavy (non-hydrogen) atoms. The molecule has 0 spiro atoms. The Balaban J connectivity index is 1.77. The summed E-state index contributed by atoms with van der Waals surface area (Å²) in [6.07, 6.45) is 0. The van der Waals surface area contributed by atoms with E-state index in [0.717, 1.165) is 11.4 Å². The summed E-state index contributed by atoms with van der Waals surface area (Å²) in [6.45, 7) is 4.24. The number of amides is 1. The van der Waals surface area contributed by atoms with Crippen molar-refractivity contribution in [1.82, 2.24) is 15.0 Å². The predicted molar refractivity (Wildman–Crippen MR) is 98.6 cm³/mol. The van der Waals surface area contributed by atoms with E-state index in [4.69, 9.17) is 9.84 Å². The molecule has 0 unspecified atom stereocenters. The van der Waals surface area contributed by atoms with Gasteiger partial charge in [0, 0.05) is 5.69 Å². The molecule has 138 valence electrons. The Kier molecular flexibility index (Phi) is 5.16. The standard InChI is InChI=1S/C19H18N4O4/c1-3-27-16-10-8-15(9-11-16)23-12(2)17(21-22-23)18(24)20-14-6-4-13(5-7-14)19(25)26/h4-11H,3H2,1-2H3,(H,20,24)(H,25,26). The van der Waals surface area contributed by atoms with Gasteiger partial charge in [-0.1, -0.05) is 5.21 Å². The maximum atomic E-state index is 12.5. The van der Waals surface area contributed by atoms with Crippen molar-refractivity contribution >= 4 is 17.6 Å². The molecular weight excluding hydrogens is 348 g/mol. The van der Waals surface area contributed by atoms with Crippen molar-refractivity contribution < 1.29 is 19.4 Å². The summed E-state index contributed by atoms with van der Waals surface area (Å²) >= 11 is 0. The first kappa shape index (κ1) is 18.1. The quantitative estimate of drug-likeness (QED) is 0.695. The van der Waals surface area contributed by atoms with Crippen molar-refractivity contribution in [2.45, 2.75) is 13.8 Å². The maximum Gasteiger partial charge on any atom is 0.335 e. The summed E-state index contributed by atoms with van der Waals surface area (Å²) < 4.78 is 6.98. The number of aromatic carboxylic acids is 1. The lowest BCUT2D eigenvalue weighted by Gasteiger charge is -2.07. The molecule has 8 nitrogen and oxygen atoms in total. The van der Waals surface area contributed by atoms with Crippen LogP contribution in [0.25, 0.3) is 5.69 Å². The van der Waals surface area contributed by atoms with Gasteiger partial charge in [0.05, 0.1) is 23.6 Å². The molecule has 2 N–H and O–H groups in total. The summed E-state index contributed by atoms with van der Waals surface area (Å²) in [7, 11) is 0. The highest BCUT2D eigenvalue weighted by atomic mass is 16.5. The zero-order chi connectivity index (χ0) is 19.4. The van der Waals surface area contributed by atoms with Crippen LogP contribution in [0.5, 0.6) is 5.75 Å². The molecule has 0 bridgehead atoms. The molecule has 1 aromatic heterocycles. The SMILES string of the molecule is CCOc1ccc(-n2nnc(C(=O)Nc3ccc(C(=O)O)cc3)c2C)cc1. The van der Waals surface area contributed by atoms with Crippen molar-refractivity contribution in [3.05, 3.63) is 65.5 Å². The molecule has 1 heterocycles. The second-order valence-corrected chi connectivity index (χ2v) is 5.70. The van der Waals surface area contributed by atoms with E-state index in [1.807, 2.05) is 31.2 Å². The predicted octanol–water partition coefficient (Wildman–Crippen LogP) is 2.92. The fraction of sp³-hybridized carbons (Fsp3) is 0.158. The molecule has 3 aromatic rings. The molecule has 0 atom stereocenters. The van der Waals surface area contributed by atoms with Crippen LogP contribution in [-0.2, 0) is 0 Å². The Morgan fingerprint density at radius 3 is 2.37 bits per heavy atom. The van der Waals surface area contributed by atoms with E-state index in [1.54, 1.807) is 11.6 Å². The molecule has 1 amide bonds. The zero-order valence-corrected chi connectivity index (χ0v) is 14.8. The summed E-state index contributed by atoms with van der Waals surface area (Å²) in [4.78, 5) is 23.4. The second kappa shape index (κ2) is 7.69. The van der Waals surface area contributed by atoms with Crippen molar-refractivity contribution in [1.29, 1.82) is 0 Å². The van der Waals surface area contributed by atoms with E-state index in [1.165, 1.54) is 24.3 Å². The van der Waals surface area contributed by atoms with Crippen LogP contribution in [0.3, 0.4) is 0 Å². The molecule has 2 aromatic carbocycles. The lowest BCUT2D eigenvalue weighted by Crippen LogP contribution is -2.14. The van der Waals surface area contributed by atoms with Crippen LogP contribution >= 0.6 is 0 Å². The highest BCUT2D eigenvalue weighted by molar-refractivity contribution is 6.03. The molecule has 0 fully saturated rings. The van der Waals surface area contributed by atoms with Crippen molar-refractivity contribution in [3.8, 4) is 11.4 Å². The van der Waals surface area contributed by atoms with Gasteiger partial charge in [0.15, 0.2) is 5.69 Å². The highest BCUT2D eigenvalue weighted by Gasteiger charge is 2.17. The number of aromatic nitrogens is 3. The Morgan fingerprint density at radius 2 is 1.78 bits per heavy atom. The van der Waals surface area contributed by atoms with Crippen LogP contribution in [0.15, 0.2) is 48.5 Å². The van der Waals surface area contributed by atoms with Crippen LogP contribution in [0, 0.1) is 6.92 Å². The van der Waals surface area contributed by atoms with Crippen molar-refractivity contribution in [3.63, 3.8) is 0 Å². The third-order valence-corrected chi connectivity index (χ3v) is 3.89. The van der Waals surface area contributed by atoms with Gasteiger partial charge in [-0.25, -0.2) is 9.48 Å². The Morgan fingerprint density at radius 1 is 1.11 bits per heavy atom. The molecule has 8 heteroatoms. The third-order valence-electron chi connectivity index (χ3n) is 3.89. The van der Waals surface area contributed by atoms with Gasteiger partial charge in [-0.05, 0) is 62.4 Å². The minimum atomic E-state index is -1.03. The van der Waals surface area contributed by atoms with Gasteiger partial charge in [0.25, 0.3) is 5.91 Å². The fourth-order valence-electron chi connectivity index (χ4n) is 2.52. The van der Waals surface area contributed by atoms with Gasteiger partial charge < -0.3 is 15.2 Å². The molecule has 0 radical (unpaired) electrons. The lowest BCUT2D eigenvalue weighted by molar-refractivity contribution is 0.0696. The number of ether oxygens (including phenoxy) is 1. The summed E-state index contributed by atoms with van der Waals surface area (Å²) in [6, 6.07) is 13.2. The summed E-state index contributed by atoms with van der Waals surface area (Å²) in [5.74, 6) is -0.698. The topological polar surface area (TPSA) is 106 Å². The second-order valence-electron chi connectivity index (χ2n) is 5.70. The van der Waals surface area contributed by atoms with Crippen molar-refractivity contribution in [2.75, 3.05) is 11.9 Å². The highest BCUT2D eigenvalue weighted by Crippen LogP contribution is 2.18. The van der Waals surface area contributed by atoms with Gasteiger partial charge in [-0.3, -0.25) is 4.79 Å². The van der Waals surface area contributed by atoms with Crippen LogP contribution in [0.4, 0.5) is 5.69 Å². The van der Waals surface area contributed by atoms with E-state index in [0.29, 0.717) is 18.0 Å². The average molecular weight is 366 g/mol. The molecular formula is C19H18N4O4. The van der Waals surface area contributed by atoms with Crippen LogP contribution in [-0.4, -0.2) is 38.6 Å². The average Bonchev–Trinajstić information content (AvgIpc) is 3.04. The maximum absolute atomic E-state index is 12.5. The summed E-state index contributed by atoms with van der Waals surface area (Å²) in [5, 5.41) is 19.6. The number of carboxylic acids is 1. The van der Waals surface area contributed by atoms with Gasteiger partial charge in [0.2, 0.25) is 0 Å². The number of anilines is 1. The van der Waals surface area contributed by atoms with Gasteiger partial charge in [-0.15, -0.1) is 5.10 Å². The minimum Gasteiger partial charge on any atom is -0.494 e. The first-order valence-electron chi connectivity index (χ1n) is 8.30. The van der Waals surface area contributed by atoms with E-state index in [9.17, 15) is 9.59 Å². The zero-order valence-electron chi connectivity index (χ0n) is 14.8. The number of nitrogens with one attached hydrogen (secondary N) is 1. The van der Waals surface area contributed by atoms with Crippen LogP contribution in [0.1, 0.15) is 33.5 Å². The van der Waals surface area contributed by atoms with E-state index >= 15 is 0 Å². The first-order valence-corrected chi connectivity index (χ1v) is 8.30. The van der Waals surface area contributed by atoms with Gasteiger partial charge in [0.1, 0.15) is 5.75 Å². The third kappa shape index (κ3) is 3.95.